The first-order valence-corrected chi connectivity index (χ1v) is 21.8. The SMILES string of the molecule is Cc1ccccc1-c1c(-c2ccccc2C)n2c3c(cc(C(C)(C)C)cc13)-c1cc(C(C)(C)C)cc3c1B2c1cc(C(C)(C)C)cc2c4cc(C(C)(C)C)ccc4n-3c12. The molecule has 2 aliphatic rings. The summed E-state index contributed by atoms with van der Waals surface area (Å²) >= 11 is 0. The van der Waals surface area contributed by atoms with Gasteiger partial charge in [0, 0.05) is 49.7 Å². The van der Waals surface area contributed by atoms with Gasteiger partial charge in [-0.25, -0.2) is 0 Å². The Kier molecular flexibility index (Phi) is 7.82. The Morgan fingerprint density at radius 2 is 0.966 bits per heavy atom. The molecule has 4 heterocycles. The van der Waals surface area contributed by atoms with Gasteiger partial charge < -0.3 is 9.05 Å². The van der Waals surface area contributed by atoms with Crippen molar-refractivity contribution in [1.29, 1.82) is 0 Å². The highest BCUT2D eigenvalue weighted by atomic mass is 15.0. The zero-order valence-corrected chi connectivity index (χ0v) is 37.8. The molecule has 2 aromatic heterocycles. The number of benzene rings is 6. The molecule has 0 fully saturated rings. The van der Waals surface area contributed by atoms with Crippen LogP contribution in [-0.4, -0.2) is 15.9 Å². The first-order valence-electron chi connectivity index (χ1n) is 21.8. The van der Waals surface area contributed by atoms with E-state index in [9.17, 15) is 0 Å². The fourth-order valence-corrected chi connectivity index (χ4v) is 10.3. The van der Waals surface area contributed by atoms with Crippen LogP contribution in [0.3, 0.4) is 0 Å². The van der Waals surface area contributed by atoms with Gasteiger partial charge in [0.05, 0.1) is 11.0 Å². The van der Waals surface area contributed by atoms with Crippen LogP contribution in [0.1, 0.15) is 116 Å². The van der Waals surface area contributed by atoms with E-state index in [0.717, 1.165) is 0 Å². The minimum atomic E-state index is -0.0578. The van der Waals surface area contributed by atoms with Gasteiger partial charge in [-0.15, -0.1) is 0 Å². The summed E-state index contributed by atoms with van der Waals surface area (Å²) in [4.78, 5) is 0. The van der Waals surface area contributed by atoms with Gasteiger partial charge in [0.25, 0.3) is 0 Å². The minimum absolute atomic E-state index is 0.0285. The van der Waals surface area contributed by atoms with E-state index in [4.69, 9.17) is 0 Å². The number of nitrogens with zero attached hydrogens (tertiary/aromatic N) is 2. The predicted octanol–water partition coefficient (Wildman–Crippen LogP) is 13.8. The van der Waals surface area contributed by atoms with E-state index < -0.39 is 0 Å². The third-order valence-corrected chi connectivity index (χ3v) is 13.8. The molecule has 0 unspecified atom stereocenters. The van der Waals surface area contributed by atoms with Crippen LogP contribution in [0.4, 0.5) is 0 Å². The Morgan fingerprint density at radius 3 is 1.58 bits per heavy atom. The summed E-state index contributed by atoms with van der Waals surface area (Å²) in [5.74, 6) is 0. The fourth-order valence-electron chi connectivity index (χ4n) is 10.3. The second-order valence-corrected chi connectivity index (χ2v) is 22.0. The van der Waals surface area contributed by atoms with Gasteiger partial charge in [0.2, 0.25) is 0 Å². The Balaban J connectivity index is 1.51. The molecule has 0 radical (unpaired) electrons. The molecule has 296 valence electrons. The van der Waals surface area contributed by atoms with Crippen molar-refractivity contribution in [2.24, 2.45) is 0 Å². The summed E-state index contributed by atoms with van der Waals surface area (Å²) in [6.45, 7) is 33.0. The van der Waals surface area contributed by atoms with Gasteiger partial charge in [-0.2, -0.15) is 0 Å². The average Bonchev–Trinajstić information content (AvgIpc) is 3.67. The zero-order valence-electron chi connectivity index (χ0n) is 37.8. The number of rotatable bonds is 2. The second kappa shape index (κ2) is 12.2. The molecule has 0 spiro atoms. The molecule has 2 aliphatic heterocycles. The van der Waals surface area contributed by atoms with Crippen LogP contribution in [0.25, 0.3) is 71.9 Å². The van der Waals surface area contributed by atoms with Crippen molar-refractivity contribution in [1.82, 2.24) is 9.05 Å². The van der Waals surface area contributed by atoms with Crippen LogP contribution in [0.2, 0.25) is 0 Å². The maximum atomic E-state index is 2.81. The first-order chi connectivity index (χ1) is 27.6. The molecule has 10 rings (SSSR count). The number of aromatic nitrogens is 2. The van der Waals surface area contributed by atoms with Gasteiger partial charge >= 0.3 is 6.85 Å². The normalized spacial score (nSPS) is 13.9. The second-order valence-electron chi connectivity index (χ2n) is 22.0. The Hall–Kier alpha value is -5.28. The molecule has 0 bridgehead atoms. The summed E-state index contributed by atoms with van der Waals surface area (Å²) in [6, 6.07) is 40.8. The average molecular weight is 771 g/mol. The molecule has 0 amide bonds. The smallest absolute Gasteiger partial charge is 0.333 e. The van der Waals surface area contributed by atoms with Crippen molar-refractivity contribution in [3.63, 3.8) is 0 Å². The van der Waals surface area contributed by atoms with E-state index in [1.165, 1.54) is 116 Å². The lowest BCUT2D eigenvalue weighted by Gasteiger charge is -2.37. The molecule has 0 atom stereocenters. The van der Waals surface area contributed by atoms with Gasteiger partial charge in [-0.05, 0) is 127 Å². The minimum Gasteiger partial charge on any atom is -0.375 e. The molecule has 0 N–H and O–H groups in total. The maximum Gasteiger partial charge on any atom is 0.333 e. The van der Waals surface area contributed by atoms with Crippen LogP contribution in [0.15, 0.2) is 103 Å². The summed E-state index contributed by atoms with van der Waals surface area (Å²) in [5, 5.41) is 4.05. The van der Waals surface area contributed by atoms with Crippen molar-refractivity contribution in [3.05, 3.63) is 137 Å². The topological polar surface area (TPSA) is 9.86 Å². The summed E-state index contributed by atoms with van der Waals surface area (Å²) in [7, 11) is 0. The van der Waals surface area contributed by atoms with Crippen molar-refractivity contribution in [2.75, 3.05) is 0 Å². The Labute approximate surface area is 352 Å². The number of hydrogen-bond donors (Lipinski definition) is 0. The molecule has 8 aromatic rings. The van der Waals surface area contributed by atoms with Crippen LogP contribution in [0.5, 0.6) is 0 Å². The van der Waals surface area contributed by atoms with E-state index in [-0.39, 0.29) is 28.5 Å². The monoisotopic (exact) mass is 770 g/mol. The van der Waals surface area contributed by atoms with Crippen molar-refractivity contribution < 1.29 is 0 Å². The number of fused-ring (bicyclic) bond motifs is 7. The van der Waals surface area contributed by atoms with Gasteiger partial charge in [-0.1, -0.05) is 150 Å². The highest BCUT2D eigenvalue weighted by molar-refractivity contribution is 6.90. The lowest BCUT2D eigenvalue weighted by molar-refractivity contribution is 0.589. The third kappa shape index (κ3) is 5.45. The molecule has 0 aliphatic carbocycles. The van der Waals surface area contributed by atoms with E-state index in [1.54, 1.807) is 0 Å². The van der Waals surface area contributed by atoms with E-state index in [1.807, 2.05) is 0 Å². The molecule has 0 saturated carbocycles. The zero-order chi connectivity index (χ0) is 41.9. The first kappa shape index (κ1) is 38.0. The molecular formula is C56H59BN2. The third-order valence-electron chi connectivity index (χ3n) is 13.8. The number of hydrogen-bond acceptors (Lipinski definition) is 0. The Morgan fingerprint density at radius 1 is 0.441 bits per heavy atom. The van der Waals surface area contributed by atoms with E-state index in [2.05, 4.69) is 209 Å². The molecule has 3 heteroatoms. The van der Waals surface area contributed by atoms with Crippen molar-refractivity contribution >= 4 is 50.5 Å². The van der Waals surface area contributed by atoms with Gasteiger partial charge in [0.1, 0.15) is 0 Å². The van der Waals surface area contributed by atoms with Crippen molar-refractivity contribution in [2.45, 2.75) is 119 Å². The molecule has 2 nitrogen and oxygen atoms in total. The van der Waals surface area contributed by atoms with Gasteiger partial charge in [0.15, 0.2) is 0 Å². The molecular weight excluding hydrogens is 711 g/mol. The summed E-state index contributed by atoms with van der Waals surface area (Å²) in [5.41, 5.74) is 24.0. The standard InChI is InChI=1S/C56H59BN2/c1-32-19-15-17-21-38(32)48-44-29-35(54(6,7)8)27-43-41-26-37(56(12,13)14)31-47-49(41)57(59(50(43)44)52(48)39-22-18-16-20-33(39)2)45-30-36(55(9,10)11)28-42-40-25-34(53(3,4)5)23-24-46(40)58(47)51(42)45/h15-31H,1-14H3. The Bertz CT molecular complexity index is 3100. The lowest BCUT2D eigenvalue weighted by atomic mass is 9.45. The van der Waals surface area contributed by atoms with E-state index in [0.29, 0.717) is 0 Å². The largest absolute Gasteiger partial charge is 0.375 e. The summed E-state index contributed by atoms with van der Waals surface area (Å²) < 4.78 is 5.48. The number of aryl methyl sites for hydroxylation is 2. The van der Waals surface area contributed by atoms with Crippen molar-refractivity contribution in [3.8, 4) is 39.2 Å². The highest BCUT2D eigenvalue weighted by Gasteiger charge is 2.45. The van der Waals surface area contributed by atoms with Crippen LogP contribution < -0.4 is 10.9 Å². The van der Waals surface area contributed by atoms with Crippen LogP contribution >= 0.6 is 0 Å². The van der Waals surface area contributed by atoms with E-state index >= 15 is 0 Å². The summed E-state index contributed by atoms with van der Waals surface area (Å²) in [6.07, 6.45) is 0. The van der Waals surface area contributed by atoms with Crippen LogP contribution in [0, 0.1) is 13.8 Å². The molecule has 0 saturated heterocycles. The maximum absolute atomic E-state index is 2.81. The van der Waals surface area contributed by atoms with Gasteiger partial charge in [-0.3, -0.25) is 0 Å². The molecule has 59 heavy (non-hydrogen) atoms. The van der Waals surface area contributed by atoms with Crippen LogP contribution in [-0.2, 0) is 21.7 Å². The quantitative estimate of drug-likeness (QED) is 0.155. The predicted molar refractivity (Wildman–Crippen MR) is 257 cm³/mol. The molecule has 6 aromatic carbocycles. The fraction of sp³-hybridized carbons (Fsp3) is 0.321. The lowest BCUT2D eigenvalue weighted by Crippen LogP contribution is -2.56. The highest BCUT2D eigenvalue weighted by Crippen LogP contribution is 2.51.